The molecule has 6 nitrogen and oxygen atoms in total. The quantitative estimate of drug-likeness (QED) is 0.417. The molecule has 0 aliphatic carbocycles. The maximum Gasteiger partial charge on any atom is 0.221 e. The fraction of sp³-hybridized carbons (Fsp3) is 0.360. The second kappa shape index (κ2) is 9.76. The molecule has 4 rings (SSSR count). The summed E-state index contributed by atoms with van der Waals surface area (Å²) in [5.41, 5.74) is 0.823. The first kappa shape index (κ1) is 24.2. The lowest BCUT2D eigenvalue weighted by molar-refractivity contribution is 0.0970. The van der Waals surface area contributed by atoms with Crippen LogP contribution in [0.3, 0.4) is 0 Å². The molecule has 1 aromatic heterocycles. The molecular weight excluding hydrogens is 462 g/mol. The number of hydrogen-bond donors (Lipinski definition) is 0. The van der Waals surface area contributed by atoms with Crippen LogP contribution in [0.15, 0.2) is 59.5 Å². The van der Waals surface area contributed by atoms with E-state index in [0.29, 0.717) is 18.4 Å². The molecule has 2 heterocycles. The highest BCUT2D eigenvalue weighted by molar-refractivity contribution is 7.89. The molecule has 0 spiro atoms. The molecule has 0 bridgehead atoms. The van der Waals surface area contributed by atoms with Gasteiger partial charge in [0.15, 0.2) is 12.2 Å². The summed E-state index contributed by atoms with van der Waals surface area (Å²) >= 11 is 0. The number of nitrogens with zero attached hydrogens (tertiary/aromatic N) is 2. The van der Waals surface area contributed by atoms with Crippen molar-refractivity contribution in [3.05, 3.63) is 89.1 Å². The standard InChI is InChI=1S/C25H26F2N2O4S/c1-16(10-24(30)23-14-33-15-28-23)20-12-21(26)19(11-22(20)27)13-29-17(2)8-9-25(34(29,31)32)18-6-4-3-5-7-18/h3-7,11-12,14-17,25H,8-10,13H2,1-2H3/t16?,17-,25+/m1/s1. The second-order valence-electron chi connectivity index (χ2n) is 8.78. The minimum Gasteiger partial charge on any atom is -0.451 e. The molecule has 180 valence electrons. The number of ketones is 1. The van der Waals surface area contributed by atoms with Gasteiger partial charge in [-0.2, -0.15) is 4.31 Å². The van der Waals surface area contributed by atoms with E-state index in [9.17, 15) is 17.6 Å². The van der Waals surface area contributed by atoms with Crippen LogP contribution >= 0.6 is 0 Å². The monoisotopic (exact) mass is 488 g/mol. The van der Waals surface area contributed by atoms with Crippen molar-refractivity contribution in [1.29, 1.82) is 0 Å². The minimum atomic E-state index is -3.78. The zero-order valence-corrected chi connectivity index (χ0v) is 19.8. The average Bonchev–Trinajstić information content (AvgIpc) is 3.34. The number of carbonyl (C=O) groups is 1. The Kier molecular flexibility index (Phi) is 6.95. The summed E-state index contributed by atoms with van der Waals surface area (Å²) in [6.07, 6.45) is 3.35. The molecule has 0 N–H and O–H groups in total. The van der Waals surface area contributed by atoms with Crippen LogP contribution in [0.1, 0.15) is 71.5 Å². The van der Waals surface area contributed by atoms with Crippen molar-refractivity contribution < 1.29 is 26.4 Å². The summed E-state index contributed by atoms with van der Waals surface area (Å²) in [5.74, 6) is -2.34. The SMILES string of the molecule is CC(CC(=O)c1cocn1)c1cc(F)c(CN2[C@H](C)CC[C@@H](c3ccccc3)S2(=O)=O)cc1F. The molecule has 1 aliphatic heterocycles. The number of Topliss-reactive ketones (excluding diaryl/α,β-unsaturated/α-hetero) is 1. The lowest BCUT2D eigenvalue weighted by Gasteiger charge is -2.37. The van der Waals surface area contributed by atoms with E-state index in [-0.39, 0.29) is 41.6 Å². The van der Waals surface area contributed by atoms with Gasteiger partial charge in [-0.1, -0.05) is 37.3 Å². The van der Waals surface area contributed by atoms with Crippen molar-refractivity contribution in [2.24, 2.45) is 0 Å². The topological polar surface area (TPSA) is 80.5 Å². The lowest BCUT2D eigenvalue weighted by atomic mass is 9.93. The van der Waals surface area contributed by atoms with E-state index in [1.165, 1.54) is 10.6 Å². The average molecular weight is 489 g/mol. The predicted molar refractivity (Wildman–Crippen MR) is 123 cm³/mol. The summed E-state index contributed by atoms with van der Waals surface area (Å²) in [4.78, 5) is 16.0. The molecule has 9 heteroatoms. The number of rotatable bonds is 7. The highest BCUT2D eigenvalue weighted by atomic mass is 32.2. The van der Waals surface area contributed by atoms with Gasteiger partial charge in [-0.15, -0.1) is 0 Å². The molecule has 3 atom stereocenters. The van der Waals surface area contributed by atoms with E-state index in [0.717, 1.165) is 18.5 Å². The molecule has 34 heavy (non-hydrogen) atoms. The Morgan fingerprint density at radius 3 is 2.59 bits per heavy atom. The van der Waals surface area contributed by atoms with Crippen LogP contribution in [-0.2, 0) is 16.6 Å². The van der Waals surface area contributed by atoms with Crippen LogP contribution < -0.4 is 0 Å². The normalized spacial score (nSPS) is 21.3. The number of halogens is 2. The Hall–Kier alpha value is -2.91. The zero-order chi connectivity index (χ0) is 24.5. The van der Waals surface area contributed by atoms with Gasteiger partial charge in [-0.25, -0.2) is 22.2 Å². The van der Waals surface area contributed by atoms with Crippen molar-refractivity contribution in [3.63, 3.8) is 0 Å². The molecule has 1 unspecified atom stereocenters. The molecule has 1 aliphatic rings. The largest absolute Gasteiger partial charge is 0.451 e. The van der Waals surface area contributed by atoms with Crippen LogP contribution in [0.4, 0.5) is 8.78 Å². The third kappa shape index (κ3) is 4.81. The number of sulfonamides is 1. The van der Waals surface area contributed by atoms with E-state index in [2.05, 4.69) is 4.98 Å². The van der Waals surface area contributed by atoms with E-state index in [4.69, 9.17) is 4.42 Å². The van der Waals surface area contributed by atoms with Crippen LogP contribution in [0.2, 0.25) is 0 Å². The molecule has 3 aromatic rings. The fourth-order valence-corrected chi connectivity index (χ4v) is 6.65. The summed E-state index contributed by atoms with van der Waals surface area (Å²) in [5, 5.41) is -0.723. The Balaban J connectivity index is 1.56. The van der Waals surface area contributed by atoms with Crippen molar-refractivity contribution in [1.82, 2.24) is 9.29 Å². The van der Waals surface area contributed by atoms with Crippen LogP contribution in [-0.4, -0.2) is 29.5 Å². The highest BCUT2D eigenvalue weighted by Crippen LogP contribution is 2.38. The molecule has 1 fully saturated rings. The lowest BCUT2D eigenvalue weighted by Crippen LogP contribution is -2.44. The van der Waals surface area contributed by atoms with Gasteiger partial charge in [0, 0.05) is 24.6 Å². The predicted octanol–water partition coefficient (Wildman–Crippen LogP) is 5.38. The maximum atomic E-state index is 15.1. The zero-order valence-electron chi connectivity index (χ0n) is 18.9. The van der Waals surface area contributed by atoms with Gasteiger partial charge in [-0.3, -0.25) is 4.79 Å². The first-order valence-electron chi connectivity index (χ1n) is 11.1. The minimum absolute atomic E-state index is 0.0413. The number of benzene rings is 2. The van der Waals surface area contributed by atoms with E-state index in [1.807, 2.05) is 6.07 Å². The van der Waals surface area contributed by atoms with Gasteiger partial charge in [0.05, 0.1) is 0 Å². The number of aromatic nitrogens is 1. The van der Waals surface area contributed by atoms with Gasteiger partial charge in [0.25, 0.3) is 0 Å². The first-order valence-corrected chi connectivity index (χ1v) is 12.6. The van der Waals surface area contributed by atoms with Gasteiger partial charge in [-0.05, 0) is 48.9 Å². The Labute approximate surface area is 197 Å². The molecular formula is C25H26F2N2O4S. The summed E-state index contributed by atoms with van der Waals surface area (Å²) in [6, 6.07) is 10.7. The van der Waals surface area contributed by atoms with E-state index in [1.54, 1.807) is 38.1 Å². The van der Waals surface area contributed by atoms with Gasteiger partial charge >= 0.3 is 0 Å². The Morgan fingerprint density at radius 2 is 1.91 bits per heavy atom. The first-order chi connectivity index (χ1) is 16.2. The molecule has 0 saturated carbocycles. The molecule has 0 radical (unpaired) electrons. The van der Waals surface area contributed by atoms with E-state index >= 15 is 4.39 Å². The Bertz CT molecular complexity index is 1260. The summed E-state index contributed by atoms with van der Waals surface area (Å²) in [7, 11) is -3.78. The third-order valence-corrected chi connectivity index (χ3v) is 8.80. The fourth-order valence-electron chi connectivity index (χ4n) is 4.46. The smallest absolute Gasteiger partial charge is 0.221 e. The van der Waals surface area contributed by atoms with Crippen molar-refractivity contribution >= 4 is 15.8 Å². The van der Waals surface area contributed by atoms with Gasteiger partial charge in [0.2, 0.25) is 10.0 Å². The van der Waals surface area contributed by atoms with Crippen LogP contribution in [0, 0.1) is 11.6 Å². The number of oxazole rings is 1. The molecule has 0 amide bonds. The van der Waals surface area contributed by atoms with Gasteiger partial charge < -0.3 is 4.42 Å². The maximum absolute atomic E-state index is 15.1. The van der Waals surface area contributed by atoms with Crippen LogP contribution in [0.25, 0.3) is 0 Å². The van der Waals surface area contributed by atoms with Crippen molar-refractivity contribution in [2.45, 2.75) is 56.9 Å². The summed E-state index contributed by atoms with van der Waals surface area (Å²) < 4.78 is 62.9. The molecule has 1 saturated heterocycles. The summed E-state index contributed by atoms with van der Waals surface area (Å²) in [6.45, 7) is 3.14. The second-order valence-corrected chi connectivity index (χ2v) is 10.9. The number of hydrogen-bond acceptors (Lipinski definition) is 5. The van der Waals surface area contributed by atoms with Crippen LogP contribution in [0.5, 0.6) is 0 Å². The third-order valence-electron chi connectivity index (χ3n) is 6.43. The van der Waals surface area contributed by atoms with Gasteiger partial charge in [0.1, 0.15) is 28.8 Å². The number of carbonyl (C=O) groups excluding carboxylic acids is 1. The molecule has 2 aromatic carbocycles. The highest BCUT2D eigenvalue weighted by Gasteiger charge is 2.40. The van der Waals surface area contributed by atoms with Crippen molar-refractivity contribution in [3.8, 4) is 0 Å². The Morgan fingerprint density at radius 1 is 1.18 bits per heavy atom. The van der Waals surface area contributed by atoms with Crippen molar-refractivity contribution in [2.75, 3.05) is 0 Å². The van der Waals surface area contributed by atoms with E-state index < -0.39 is 32.8 Å².